The van der Waals surface area contributed by atoms with E-state index in [1.165, 1.54) is 12.3 Å². The summed E-state index contributed by atoms with van der Waals surface area (Å²) in [7, 11) is 0. The summed E-state index contributed by atoms with van der Waals surface area (Å²) in [5.74, 6) is -0.343. The Morgan fingerprint density at radius 1 is 1.04 bits per heavy atom. The normalized spacial score (nSPS) is 11.7. The molecule has 0 spiro atoms. The van der Waals surface area contributed by atoms with Crippen molar-refractivity contribution in [2.45, 2.75) is 19.0 Å². The first-order valence-corrected chi connectivity index (χ1v) is 8.78. The Balaban J connectivity index is 1.80. The van der Waals surface area contributed by atoms with Crippen LogP contribution in [0.2, 0.25) is 5.02 Å². The maximum absolute atomic E-state index is 12.5. The number of benzene rings is 2. The average Bonchev–Trinajstić information content (AvgIpc) is 2.66. The summed E-state index contributed by atoms with van der Waals surface area (Å²) in [5, 5.41) is 3.58. The van der Waals surface area contributed by atoms with E-state index in [-0.39, 0.29) is 18.5 Å². The molecule has 0 aliphatic heterocycles. The molecule has 0 aliphatic carbocycles. The lowest BCUT2D eigenvalue weighted by molar-refractivity contribution is -0.122. The van der Waals surface area contributed by atoms with Crippen LogP contribution < -0.4 is 16.6 Å². The lowest BCUT2D eigenvalue weighted by Gasteiger charge is -2.20. The highest BCUT2D eigenvalue weighted by molar-refractivity contribution is 6.31. The van der Waals surface area contributed by atoms with Crippen molar-refractivity contribution in [3.63, 3.8) is 0 Å². The number of amides is 1. The Bertz CT molecular complexity index is 1040. The second kappa shape index (κ2) is 8.51. The van der Waals surface area contributed by atoms with Gasteiger partial charge in [0.1, 0.15) is 6.54 Å². The van der Waals surface area contributed by atoms with Crippen LogP contribution in [0, 0.1) is 0 Å². The van der Waals surface area contributed by atoms with Crippen LogP contribution in [-0.2, 0) is 17.8 Å². The van der Waals surface area contributed by atoms with Crippen LogP contribution in [0.25, 0.3) is 0 Å². The van der Waals surface area contributed by atoms with Gasteiger partial charge in [0.25, 0.3) is 5.56 Å². The van der Waals surface area contributed by atoms with E-state index >= 15 is 0 Å². The molecule has 0 saturated heterocycles. The number of carbonyl (C=O) groups is 1. The second-order valence-electron chi connectivity index (χ2n) is 6.06. The van der Waals surface area contributed by atoms with E-state index < -0.39 is 11.2 Å². The van der Waals surface area contributed by atoms with Crippen LogP contribution in [0.1, 0.15) is 17.2 Å². The number of H-pyrrole nitrogens is 1. The van der Waals surface area contributed by atoms with Gasteiger partial charge in [0.05, 0.1) is 6.04 Å². The topological polar surface area (TPSA) is 84.0 Å². The first-order chi connectivity index (χ1) is 13.0. The predicted molar refractivity (Wildman–Crippen MR) is 104 cm³/mol. The van der Waals surface area contributed by atoms with Gasteiger partial charge in [0.2, 0.25) is 5.91 Å². The van der Waals surface area contributed by atoms with Gasteiger partial charge in [-0.2, -0.15) is 0 Å². The summed E-state index contributed by atoms with van der Waals surface area (Å²) in [4.78, 5) is 37.6. The molecule has 2 aromatic carbocycles. The van der Waals surface area contributed by atoms with Crippen LogP contribution in [0.3, 0.4) is 0 Å². The first kappa shape index (κ1) is 18.7. The maximum Gasteiger partial charge on any atom is 0.328 e. The fourth-order valence-corrected chi connectivity index (χ4v) is 3.00. The monoisotopic (exact) mass is 383 g/mol. The number of nitrogens with zero attached hydrogens (tertiary/aromatic N) is 1. The molecule has 1 unspecified atom stereocenters. The van der Waals surface area contributed by atoms with Crippen molar-refractivity contribution in [1.29, 1.82) is 0 Å². The molecule has 3 aromatic rings. The Morgan fingerprint density at radius 3 is 2.44 bits per heavy atom. The summed E-state index contributed by atoms with van der Waals surface area (Å²) in [6.45, 7) is -0.193. The highest BCUT2D eigenvalue weighted by Crippen LogP contribution is 2.23. The number of aromatic nitrogens is 2. The number of hydrogen-bond acceptors (Lipinski definition) is 3. The van der Waals surface area contributed by atoms with Gasteiger partial charge in [0, 0.05) is 17.3 Å². The number of hydrogen-bond donors (Lipinski definition) is 2. The zero-order chi connectivity index (χ0) is 19.2. The van der Waals surface area contributed by atoms with E-state index in [1.54, 1.807) is 6.07 Å². The summed E-state index contributed by atoms with van der Waals surface area (Å²) in [5.41, 5.74) is 0.715. The number of halogens is 1. The van der Waals surface area contributed by atoms with Crippen molar-refractivity contribution in [1.82, 2.24) is 14.9 Å². The van der Waals surface area contributed by atoms with Crippen LogP contribution >= 0.6 is 11.6 Å². The molecule has 0 bridgehead atoms. The first-order valence-electron chi connectivity index (χ1n) is 8.40. The van der Waals surface area contributed by atoms with E-state index in [0.29, 0.717) is 11.4 Å². The van der Waals surface area contributed by atoms with Gasteiger partial charge < -0.3 is 5.32 Å². The molecule has 0 fully saturated rings. The van der Waals surface area contributed by atoms with Gasteiger partial charge in [-0.1, -0.05) is 60.1 Å². The number of carbonyl (C=O) groups excluding carboxylic acids is 1. The van der Waals surface area contributed by atoms with Crippen molar-refractivity contribution in [2.24, 2.45) is 0 Å². The highest BCUT2D eigenvalue weighted by atomic mass is 35.5. The minimum absolute atomic E-state index is 0.193. The molecule has 27 heavy (non-hydrogen) atoms. The largest absolute Gasteiger partial charge is 0.347 e. The molecule has 1 aromatic heterocycles. The molecule has 0 aliphatic rings. The van der Waals surface area contributed by atoms with Gasteiger partial charge in [0.15, 0.2) is 0 Å². The van der Waals surface area contributed by atoms with Gasteiger partial charge in [-0.25, -0.2) is 4.79 Å². The zero-order valence-electron chi connectivity index (χ0n) is 14.4. The SMILES string of the molecule is O=C(Cn1ccc(=O)[nH]c1=O)NC(Cc1ccccc1Cl)c1ccccc1. The van der Waals surface area contributed by atoms with Crippen LogP contribution in [0.15, 0.2) is 76.4 Å². The third-order valence-electron chi connectivity index (χ3n) is 4.13. The van der Waals surface area contributed by atoms with Gasteiger partial charge in [-0.15, -0.1) is 0 Å². The number of aromatic amines is 1. The summed E-state index contributed by atoms with van der Waals surface area (Å²) < 4.78 is 1.15. The van der Waals surface area contributed by atoms with Gasteiger partial charge in [-0.05, 0) is 23.6 Å². The van der Waals surface area contributed by atoms with Crippen LogP contribution in [0.4, 0.5) is 0 Å². The van der Waals surface area contributed by atoms with Crippen molar-refractivity contribution >= 4 is 17.5 Å². The van der Waals surface area contributed by atoms with E-state index in [4.69, 9.17) is 11.6 Å². The van der Waals surface area contributed by atoms with E-state index in [9.17, 15) is 14.4 Å². The van der Waals surface area contributed by atoms with Crippen LogP contribution in [0.5, 0.6) is 0 Å². The van der Waals surface area contributed by atoms with E-state index in [2.05, 4.69) is 10.3 Å². The zero-order valence-corrected chi connectivity index (χ0v) is 15.1. The molecule has 1 amide bonds. The molecule has 0 saturated carbocycles. The lowest BCUT2D eigenvalue weighted by atomic mass is 9.98. The Hall–Kier alpha value is -3.12. The molecule has 0 radical (unpaired) electrons. The number of nitrogens with one attached hydrogen (secondary N) is 2. The highest BCUT2D eigenvalue weighted by Gasteiger charge is 2.17. The maximum atomic E-state index is 12.5. The second-order valence-corrected chi connectivity index (χ2v) is 6.47. The predicted octanol–water partition coefficient (Wildman–Crippen LogP) is 2.29. The Morgan fingerprint density at radius 2 is 1.74 bits per heavy atom. The molecule has 1 atom stereocenters. The minimum atomic E-state index is -0.625. The third kappa shape index (κ3) is 4.95. The van der Waals surface area contributed by atoms with E-state index in [1.807, 2.05) is 48.5 Å². The fraction of sp³-hybridized carbons (Fsp3) is 0.150. The van der Waals surface area contributed by atoms with E-state index in [0.717, 1.165) is 15.7 Å². The van der Waals surface area contributed by atoms with Gasteiger partial charge in [-0.3, -0.25) is 19.1 Å². The number of rotatable bonds is 6. The van der Waals surface area contributed by atoms with Crippen molar-refractivity contribution in [3.8, 4) is 0 Å². The standard InChI is InChI=1S/C20H18ClN3O3/c21-16-9-5-4-8-15(16)12-17(14-6-2-1-3-7-14)22-19(26)13-24-11-10-18(25)23-20(24)27/h1-11,17H,12-13H2,(H,22,26)(H,23,25,27). The molecule has 2 N–H and O–H groups in total. The molecule has 138 valence electrons. The molecule has 7 heteroatoms. The summed E-state index contributed by atoms with van der Waals surface area (Å²) in [6, 6.07) is 17.9. The lowest BCUT2D eigenvalue weighted by Crippen LogP contribution is -2.37. The Labute approximate surface area is 160 Å². The minimum Gasteiger partial charge on any atom is -0.347 e. The average molecular weight is 384 g/mol. The summed E-state index contributed by atoms with van der Waals surface area (Å²) >= 11 is 6.27. The Kier molecular flexibility index (Phi) is 5.88. The molecule has 3 rings (SSSR count). The molecule has 6 nitrogen and oxygen atoms in total. The smallest absolute Gasteiger partial charge is 0.328 e. The fourth-order valence-electron chi connectivity index (χ4n) is 2.78. The summed E-state index contributed by atoms with van der Waals surface area (Å²) in [6.07, 6.45) is 1.81. The molecule has 1 heterocycles. The van der Waals surface area contributed by atoms with Crippen molar-refractivity contribution in [2.75, 3.05) is 0 Å². The molecular weight excluding hydrogens is 366 g/mol. The quantitative estimate of drug-likeness (QED) is 0.685. The van der Waals surface area contributed by atoms with Gasteiger partial charge >= 0.3 is 5.69 Å². The third-order valence-corrected chi connectivity index (χ3v) is 4.50. The molecular formula is C20H18ClN3O3. The van der Waals surface area contributed by atoms with Crippen molar-refractivity contribution < 1.29 is 4.79 Å². The van der Waals surface area contributed by atoms with Crippen molar-refractivity contribution in [3.05, 3.63) is 104 Å². The van der Waals surface area contributed by atoms with Crippen LogP contribution in [-0.4, -0.2) is 15.5 Å².